The van der Waals surface area contributed by atoms with Crippen molar-refractivity contribution in [1.82, 2.24) is 9.88 Å². The molecule has 2 heterocycles. The molecule has 0 aromatic carbocycles. The number of carbonyl (C=O) groups is 2. The molecule has 1 aliphatic rings. The van der Waals surface area contributed by atoms with E-state index in [1.807, 2.05) is 13.8 Å². The van der Waals surface area contributed by atoms with Gasteiger partial charge in [-0.05, 0) is 38.7 Å². The first-order valence-electron chi connectivity index (χ1n) is 7.65. The Morgan fingerprint density at radius 3 is 2.71 bits per heavy atom. The van der Waals surface area contributed by atoms with E-state index in [1.54, 1.807) is 4.90 Å². The number of aliphatic hydroxyl groups is 1. The standard InChI is InChI=1S/C16H24N2O3/c1-4-6-13-14(11(3)19)10(2)17-15(13)16(21)18-8-5-7-12(20)9-18/h12,17,20H,4-9H2,1-3H3. The number of aromatic nitrogens is 1. The smallest absolute Gasteiger partial charge is 0.270 e. The van der Waals surface area contributed by atoms with Gasteiger partial charge < -0.3 is 15.0 Å². The summed E-state index contributed by atoms with van der Waals surface area (Å²) in [6.45, 7) is 6.43. The molecule has 0 aliphatic carbocycles. The zero-order valence-electron chi connectivity index (χ0n) is 13.0. The third-order valence-corrected chi connectivity index (χ3v) is 4.04. The number of amides is 1. The van der Waals surface area contributed by atoms with Gasteiger partial charge in [0.25, 0.3) is 5.91 Å². The molecule has 1 saturated heterocycles. The zero-order chi connectivity index (χ0) is 15.6. The summed E-state index contributed by atoms with van der Waals surface area (Å²) in [5.74, 6) is -0.113. The molecule has 2 N–H and O–H groups in total. The fraction of sp³-hybridized carbons (Fsp3) is 0.625. The summed E-state index contributed by atoms with van der Waals surface area (Å²) in [5, 5.41) is 9.74. The highest BCUT2D eigenvalue weighted by molar-refractivity contribution is 6.02. The van der Waals surface area contributed by atoms with Gasteiger partial charge in [0.05, 0.1) is 6.10 Å². The van der Waals surface area contributed by atoms with Gasteiger partial charge in [-0.25, -0.2) is 0 Å². The molecular formula is C16H24N2O3. The van der Waals surface area contributed by atoms with Crippen molar-refractivity contribution in [3.63, 3.8) is 0 Å². The first kappa shape index (κ1) is 15.8. The summed E-state index contributed by atoms with van der Waals surface area (Å²) in [6.07, 6.45) is 2.70. The Hall–Kier alpha value is -1.62. The number of aryl methyl sites for hydroxylation is 1. The molecule has 0 radical (unpaired) electrons. The van der Waals surface area contributed by atoms with Crippen molar-refractivity contribution in [2.24, 2.45) is 0 Å². The first-order chi connectivity index (χ1) is 9.95. The van der Waals surface area contributed by atoms with E-state index in [0.29, 0.717) is 30.8 Å². The van der Waals surface area contributed by atoms with E-state index in [2.05, 4.69) is 4.98 Å². The van der Waals surface area contributed by atoms with Crippen molar-refractivity contribution in [1.29, 1.82) is 0 Å². The predicted molar refractivity (Wildman–Crippen MR) is 80.7 cm³/mol. The highest BCUT2D eigenvalue weighted by Gasteiger charge is 2.28. The van der Waals surface area contributed by atoms with Crippen LogP contribution in [0, 0.1) is 6.92 Å². The third kappa shape index (κ3) is 3.18. The van der Waals surface area contributed by atoms with Crippen LogP contribution in [0.4, 0.5) is 0 Å². The number of nitrogens with zero attached hydrogens (tertiary/aromatic N) is 1. The van der Waals surface area contributed by atoms with Gasteiger partial charge in [0, 0.05) is 24.3 Å². The lowest BCUT2D eigenvalue weighted by Gasteiger charge is -2.30. The Morgan fingerprint density at radius 1 is 1.43 bits per heavy atom. The van der Waals surface area contributed by atoms with Gasteiger partial charge in [0.2, 0.25) is 0 Å². The summed E-state index contributed by atoms with van der Waals surface area (Å²) in [6, 6.07) is 0. The van der Waals surface area contributed by atoms with E-state index >= 15 is 0 Å². The van der Waals surface area contributed by atoms with Gasteiger partial charge in [0.15, 0.2) is 5.78 Å². The second-order valence-electron chi connectivity index (χ2n) is 5.83. The summed E-state index contributed by atoms with van der Waals surface area (Å²) < 4.78 is 0. The molecule has 1 atom stereocenters. The molecule has 116 valence electrons. The van der Waals surface area contributed by atoms with Gasteiger partial charge in [-0.2, -0.15) is 0 Å². The second kappa shape index (κ2) is 6.43. The SMILES string of the molecule is CCCc1c(C(=O)N2CCCC(O)C2)[nH]c(C)c1C(C)=O. The first-order valence-corrected chi connectivity index (χ1v) is 7.65. The van der Waals surface area contributed by atoms with Gasteiger partial charge in [0.1, 0.15) is 5.69 Å². The van der Waals surface area contributed by atoms with Crippen molar-refractivity contribution < 1.29 is 14.7 Å². The molecule has 21 heavy (non-hydrogen) atoms. The Kier molecular flexibility index (Phi) is 4.83. The van der Waals surface area contributed by atoms with Gasteiger partial charge in [-0.15, -0.1) is 0 Å². The molecule has 0 saturated carbocycles. The minimum Gasteiger partial charge on any atom is -0.391 e. The molecule has 1 amide bonds. The molecule has 5 nitrogen and oxygen atoms in total. The van der Waals surface area contributed by atoms with Crippen molar-refractivity contribution >= 4 is 11.7 Å². The van der Waals surface area contributed by atoms with Crippen LogP contribution in [0.2, 0.25) is 0 Å². The molecular weight excluding hydrogens is 268 g/mol. The number of carbonyl (C=O) groups excluding carboxylic acids is 2. The maximum atomic E-state index is 12.7. The Balaban J connectivity index is 2.36. The van der Waals surface area contributed by atoms with Crippen LogP contribution in [0.25, 0.3) is 0 Å². The van der Waals surface area contributed by atoms with Crippen LogP contribution in [0.5, 0.6) is 0 Å². The maximum absolute atomic E-state index is 12.7. The van der Waals surface area contributed by atoms with Gasteiger partial charge >= 0.3 is 0 Å². The Bertz CT molecular complexity index is 548. The van der Waals surface area contributed by atoms with Gasteiger partial charge in [-0.1, -0.05) is 13.3 Å². The lowest BCUT2D eigenvalue weighted by Crippen LogP contribution is -2.42. The summed E-state index contributed by atoms with van der Waals surface area (Å²) in [7, 11) is 0. The van der Waals surface area contributed by atoms with Crippen LogP contribution >= 0.6 is 0 Å². The molecule has 1 unspecified atom stereocenters. The number of hydrogen-bond acceptors (Lipinski definition) is 3. The normalized spacial score (nSPS) is 18.9. The Labute approximate surface area is 125 Å². The lowest BCUT2D eigenvalue weighted by atomic mass is 10.00. The van der Waals surface area contributed by atoms with E-state index in [9.17, 15) is 14.7 Å². The van der Waals surface area contributed by atoms with E-state index in [4.69, 9.17) is 0 Å². The minimum atomic E-state index is -0.444. The molecule has 0 bridgehead atoms. The summed E-state index contributed by atoms with van der Waals surface area (Å²) in [4.78, 5) is 29.3. The average Bonchev–Trinajstić information content (AvgIpc) is 2.75. The number of rotatable bonds is 4. The van der Waals surface area contributed by atoms with Crippen LogP contribution in [0.1, 0.15) is 65.2 Å². The highest BCUT2D eigenvalue weighted by atomic mass is 16.3. The lowest BCUT2D eigenvalue weighted by molar-refractivity contribution is 0.0468. The fourth-order valence-electron chi connectivity index (χ4n) is 3.13. The van der Waals surface area contributed by atoms with Crippen LogP contribution in [0.15, 0.2) is 0 Å². The number of aromatic amines is 1. The maximum Gasteiger partial charge on any atom is 0.270 e. The van der Waals surface area contributed by atoms with E-state index in [-0.39, 0.29) is 11.7 Å². The quantitative estimate of drug-likeness (QED) is 0.834. The van der Waals surface area contributed by atoms with Crippen LogP contribution < -0.4 is 0 Å². The average molecular weight is 292 g/mol. The number of hydrogen-bond donors (Lipinski definition) is 2. The number of β-amino-alcohol motifs (C(OH)–C–C–N with tert-alkyl or cyclic N) is 1. The number of H-pyrrole nitrogens is 1. The number of piperidine rings is 1. The van der Waals surface area contributed by atoms with Gasteiger partial charge in [-0.3, -0.25) is 9.59 Å². The number of aliphatic hydroxyl groups excluding tert-OH is 1. The van der Waals surface area contributed by atoms with Crippen LogP contribution in [-0.4, -0.2) is 45.9 Å². The van der Waals surface area contributed by atoms with E-state index in [1.165, 1.54) is 6.92 Å². The molecule has 5 heteroatoms. The monoisotopic (exact) mass is 292 g/mol. The minimum absolute atomic E-state index is 0.00933. The van der Waals surface area contributed by atoms with Crippen molar-refractivity contribution in [3.05, 3.63) is 22.5 Å². The molecule has 1 aromatic rings. The van der Waals surface area contributed by atoms with Crippen LogP contribution in [-0.2, 0) is 6.42 Å². The Morgan fingerprint density at radius 2 is 2.14 bits per heavy atom. The molecule has 1 fully saturated rings. The number of likely N-dealkylation sites (tertiary alicyclic amines) is 1. The highest BCUT2D eigenvalue weighted by Crippen LogP contribution is 2.24. The van der Waals surface area contributed by atoms with E-state index in [0.717, 1.165) is 30.5 Å². The number of nitrogens with one attached hydrogen (secondary N) is 1. The number of ketones is 1. The molecule has 1 aliphatic heterocycles. The second-order valence-corrected chi connectivity index (χ2v) is 5.83. The topological polar surface area (TPSA) is 73.4 Å². The van der Waals surface area contributed by atoms with Crippen molar-refractivity contribution in [2.45, 2.75) is 52.6 Å². The predicted octanol–water partition coefficient (Wildman–Crippen LogP) is 2.08. The fourth-order valence-corrected chi connectivity index (χ4v) is 3.13. The third-order valence-electron chi connectivity index (χ3n) is 4.04. The summed E-state index contributed by atoms with van der Waals surface area (Å²) >= 11 is 0. The number of Topliss-reactive ketones (excluding diaryl/α,β-unsaturated/α-hetero) is 1. The van der Waals surface area contributed by atoms with E-state index < -0.39 is 6.10 Å². The van der Waals surface area contributed by atoms with Crippen molar-refractivity contribution in [3.8, 4) is 0 Å². The van der Waals surface area contributed by atoms with Crippen molar-refractivity contribution in [2.75, 3.05) is 13.1 Å². The zero-order valence-corrected chi connectivity index (χ0v) is 13.0. The molecule has 1 aromatic heterocycles. The van der Waals surface area contributed by atoms with Crippen LogP contribution in [0.3, 0.4) is 0 Å². The molecule has 0 spiro atoms. The molecule has 2 rings (SSSR count). The largest absolute Gasteiger partial charge is 0.391 e. The summed E-state index contributed by atoms with van der Waals surface area (Å²) in [5.41, 5.74) is 2.76.